The minimum Gasteiger partial charge on any atom is -0.375 e. The van der Waals surface area contributed by atoms with Crippen LogP contribution in [0.1, 0.15) is 20.3 Å². The second-order valence-electron chi connectivity index (χ2n) is 5.56. The Bertz CT molecular complexity index is 631. The van der Waals surface area contributed by atoms with Crippen molar-refractivity contribution < 1.29 is 17.9 Å². The Morgan fingerprint density at radius 3 is 2.57 bits per heavy atom. The van der Waals surface area contributed by atoms with Gasteiger partial charge in [0.15, 0.2) is 0 Å². The lowest BCUT2D eigenvalue weighted by Gasteiger charge is -2.31. The van der Waals surface area contributed by atoms with E-state index in [2.05, 4.69) is 10.0 Å². The Morgan fingerprint density at radius 1 is 1.30 bits per heavy atom. The minimum absolute atomic E-state index is 0.0323. The van der Waals surface area contributed by atoms with Crippen molar-refractivity contribution in [2.45, 2.75) is 26.4 Å². The molecule has 7 nitrogen and oxygen atoms in total. The second kappa shape index (κ2) is 7.65. The van der Waals surface area contributed by atoms with E-state index in [4.69, 9.17) is 4.74 Å². The van der Waals surface area contributed by atoms with Crippen LogP contribution in [0, 0.1) is 0 Å². The van der Waals surface area contributed by atoms with Gasteiger partial charge in [0.1, 0.15) is 0 Å². The van der Waals surface area contributed by atoms with Crippen molar-refractivity contribution >= 4 is 27.4 Å². The summed E-state index contributed by atoms with van der Waals surface area (Å²) in [4.78, 5) is 13.9. The molecule has 1 fully saturated rings. The van der Waals surface area contributed by atoms with Gasteiger partial charge in [0.2, 0.25) is 10.0 Å². The zero-order valence-electron chi connectivity index (χ0n) is 13.4. The monoisotopic (exact) mass is 341 g/mol. The number of ether oxygens (including phenoxy) is 1. The normalized spacial score (nSPS) is 18.5. The number of nitrogens with one attached hydrogen (secondary N) is 2. The summed E-state index contributed by atoms with van der Waals surface area (Å²) < 4.78 is 31.3. The molecule has 0 aromatic heterocycles. The third-order valence-corrected chi connectivity index (χ3v) is 4.90. The van der Waals surface area contributed by atoms with E-state index < -0.39 is 10.0 Å². The van der Waals surface area contributed by atoms with Crippen molar-refractivity contribution in [3.63, 3.8) is 0 Å². The van der Waals surface area contributed by atoms with Crippen molar-refractivity contribution in [1.29, 1.82) is 0 Å². The molecule has 0 aliphatic carbocycles. The summed E-state index contributed by atoms with van der Waals surface area (Å²) in [6, 6.07) is 6.42. The zero-order valence-corrected chi connectivity index (χ0v) is 14.2. The van der Waals surface area contributed by atoms with E-state index in [9.17, 15) is 13.2 Å². The van der Waals surface area contributed by atoms with Crippen LogP contribution in [0.2, 0.25) is 0 Å². The van der Waals surface area contributed by atoms with E-state index in [1.165, 1.54) is 0 Å². The molecule has 23 heavy (non-hydrogen) atoms. The van der Waals surface area contributed by atoms with E-state index in [-0.39, 0.29) is 17.9 Å². The molecule has 1 aromatic rings. The Balaban J connectivity index is 1.93. The van der Waals surface area contributed by atoms with Gasteiger partial charge in [-0.3, -0.25) is 4.72 Å². The second-order valence-corrected chi connectivity index (χ2v) is 7.40. The van der Waals surface area contributed by atoms with Gasteiger partial charge in [0, 0.05) is 24.5 Å². The molecule has 1 atom stereocenters. The van der Waals surface area contributed by atoms with Crippen molar-refractivity contribution in [3.05, 3.63) is 24.3 Å². The summed E-state index contributed by atoms with van der Waals surface area (Å²) >= 11 is 0. The first-order chi connectivity index (χ1) is 10.9. The third-order valence-electron chi connectivity index (χ3n) is 3.41. The average molecular weight is 341 g/mol. The number of urea groups is 1. The number of hydrogen-bond donors (Lipinski definition) is 2. The summed E-state index contributed by atoms with van der Waals surface area (Å²) in [6.45, 7) is 5.39. The number of carbonyl (C=O) groups excluding carboxylic acids is 1. The molecule has 1 aliphatic rings. The van der Waals surface area contributed by atoms with Gasteiger partial charge in [-0.2, -0.15) is 0 Å². The molecule has 1 aliphatic heterocycles. The van der Waals surface area contributed by atoms with Crippen LogP contribution < -0.4 is 10.0 Å². The van der Waals surface area contributed by atoms with Gasteiger partial charge in [-0.15, -0.1) is 0 Å². The van der Waals surface area contributed by atoms with Gasteiger partial charge in [-0.25, -0.2) is 13.2 Å². The molecule has 2 N–H and O–H groups in total. The molecule has 1 saturated heterocycles. The zero-order chi connectivity index (χ0) is 16.9. The molecular weight excluding hydrogens is 318 g/mol. The maximum atomic E-state index is 12.2. The number of anilines is 2. The van der Waals surface area contributed by atoms with Crippen LogP contribution in [-0.4, -0.2) is 50.9 Å². The summed E-state index contributed by atoms with van der Waals surface area (Å²) in [6.07, 6.45) is 0.589. The van der Waals surface area contributed by atoms with E-state index in [0.717, 1.165) is 0 Å². The van der Waals surface area contributed by atoms with Crippen molar-refractivity contribution in [3.8, 4) is 0 Å². The number of amides is 2. The average Bonchev–Trinajstić information content (AvgIpc) is 2.49. The molecule has 0 saturated carbocycles. The molecule has 0 bridgehead atoms. The largest absolute Gasteiger partial charge is 0.375 e. The smallest absolute Gasteiger partial charge is 0.322 e. The van der Waals surface area contributed by atoms with Crippen molar-refractivity contribution in [1.82, 2.24) is 4.90 Å². The fourth-order valence-electron chi connectivity index (χ4n) is 2.33. The Hall–Kier alpha value is -1.80. The lowest BCUT2D eigenvalue weighted by Crippen LogP contribution is -2.46. The van der Waals surface area contributed by atoms with Crippen LogP contribution in [0.3, 0.4) is 0 Å². The van der Waals surface area contributed by atoms with E-state index in [0.29, 0.717) is 37.5 Å². The summed E-state index contributed by atoms with van der Waals surface area (Å²) in [5, 5.41) is 2.80. The van der Waals surface area contributed by atoms with Crippen LogP contribution in [-0.2, 0) is 14.8 Å². The SMILES string of the molecule is CCCS(=O)(=O)Nc1ccc(NC(=O)N2CCOC(C)C2)cc1. The lowest BCUT2D eigenvalue weighted by atomic mass is 10.3. The van der Waals surface area contributed by atoms with E-state index >= 15 is 0 Å². The standard InChI is InChI=1S/C15H23N3O4S/c1-3-10-23(20,21)17-14-6-4-13(5-7-14)16-15(19)18-8-9-22-12(2)11-18/h4-7,12,17H,3,8-11H2,1-2H3,(H,16,19). The highest BCUT2D eigenvalue weighted by Gasteiger charge is 2.21. The molecule has 1 heterocycles. The molecule has 1 aromatic carbocycles. The lowest BCUT2D eigenvalue weighted by molar-refractivity contribution is -0.00138. The predicted octanol–water partition coefficient (Wildman–Crippen LogP) is 2.09. The summed E-state index contributed by atoms with van der Waals surface area (Å²) in [7, 11) is -3.30. The number of rotatable bonds is 5. The number of carbonyl (C=O) groups is 1. The van der Waals surface area contributed by atoms with Gasteiger partial charge < -0.3 is 15.0 Å². The Morgan fingerprint density at radius 2 is 1.96 bits per heavy atom. The maximum Gasteiger partial charge on any atom is 0.322 e. The molecule has 8 heteroatoms. The summed E-state index contributed by atoms with van der Waals surface area (Å²) in [5.41, 5.74) is 1.10. The quantitative estimate of drug-likeness (QED) is 0.858. The molecule has 128 valence electrons. The number of nitrogens with zero attached hydrogens (tertiary/aromatic N) is 1. The van der Waals surface area contributed by atoms with Crippen molar-refractivity contribution in [2.24, 2.45) is 0 Å². The number of sulfonamides is 1. The molecular formula is C15H23N3O4S. The first-order valence-electron chi connectivity index (χ1n) is 7.67. The van der Waals surface area contributed by atoms with E-state index in [1.807, 2.05) is 13.8 Å². The topological polar surface area (TPSA) is 87.7 Å². The van der Waals surface area contributed by atoms with Crippen LogP contribution in [0.5, 0.6) is 0 Å². The predicted molar refractivity (Wildman–Crippen MR) is 90.1 cm³/mol. The number of hydrogen-bond acceptors (Lipinski definition) is 4. The maximum absolute atomic E-state index is 12.2. The molecule has 1 unspecified atom stereocenters. The highest BCUT2D eigenvalue weighted by Crippen LogP contribution is 2.16. The highest BCUT2D eigenvalue weighted by molar-refractivity contribution is 7.92. The highest BCUT2D eigenvalue weighted by atomic mass is 32.2. The van der Waals surface area contributed by atoms with Gasteiger partial charge in [0.25, 0.3) is 0 Å². The first kappa shape index (κ1) is 17.6. The molecule has 2 rings (SSSR count). The van der Waals surface area contributed by atoms with Gasteiger partial charge in [-0.1, -0.05) is 6.92 Å². The first-order valence-corrected chi connectivity index (χ1v) is 9.33. The summed E-state index contributed by atoms with van der Waals surface area (Å²) in [5.74, 6) is 0.0840. The van der Waals surface area contributed by atoms with E-state index in [1.54, 1.807) is 29.2 Å². The molecule has 0 spiro atoms. The van der Waals surface area contributed by atoms with Crippen LogP contribution in [0.4, 0.5) is 16.2 Å². The third kappa shape index (κ3) is 5.40. The fourth-order valence-corrected chi connectivity index (χ4v) is 3.46. The number of benzene rings is 1. The van der Waals surface area contributed by atoms with Crippen LogP contribution in [0.25, 0.3) is 0 Å². The minimum atomic E-state index is -3.30. The number of morpholine rings is 1. The van der Waals surface area contributed by atoms with Gasteiger partial charge in [-0.05, 0) is 37.6 Å². The van der Waals surface area contributed by atoms with Gasteiger partial charge >= 0.3 is 6.03 Å². The van der Waals surface area contributed by atoms with Crippen LogP contribution >= 0.6 is 0 Å². The molecule has 2 amide bonds. The van der Waals surface area contributed by atoms with Crippen LogP contribution in [0.15, 0.2) is 24.3 Å². The molecule has 0 radical (unpaired) electrons. The fraction of sp³-hybridized carbons (Fsp3) is 0.533. The Kier molecular flexibility index (Phi) is 5.84. The van der Waals surface area contributed by atoms with Crippen molar-refractivity contribution in [2.75, 3.05) is 35.5 Å². The Labute approximate surface area is 137 Å². The van der Waals surface area contributed by atoms with Gasteiger partial charge in [0.05, 0.1) is 18.5 Å².